The zero-order chi connectivity index (χ0) is 36.5. The zero-order valence-electron chi connectivity index (χ0n) is 30.0. The molecule has 0 aliphatic heterocycles. The molecule has 0 bridgehead atoms. The molecule has 0 atom stereocenters. The Bertz CT molecular complexity index is 1650. The molecule has 3 aromatic rings. The van der Waals surface area contributed by atoms with E-state index < -0.39 is 35.3 Å². The molecule has 0 aliphatic rings. The number of esters is 1. The Morgan fingerprint density at radius 2 is 1.41 bits per heavy atom. The first-order valence-corrected chi connectivity index (χ1v) is 16.3. The fourth-order valence-corrected chi connectivity index (χ4v) is 5.13. The molecular formula is C37H49N5O7. The summed E-state index contributed by atoms with van der Waals surface area (Å²) in [6.07, 6.45) is -0.938. The van der Waals surface area contributed by atoms with Gasteiger partial charge in [0.05, 0.1) is 18.4 Å². The van der Waals surface area contributed by atoms with Crippen LogP contribution in [0.25, 0.3) is 22.4 Å². The first-order chi connectivity index (χ1) is 22.9. The van der Waals surface area contributed by atoms with Gasteiger partial charge in [-0.1, -0.05) is 60.7 Å². The Kier molecular flexibility index (Phi) is 12.8. The molecule has 2 aromatic carbocycles. The second-order valence-corrected chi connectivity index (χ2v) is 13.7. The third kappa shape index (κ3) is 10.4. The van der Waals surface area contributed by atoms with Crippen molar-refractivity contribution in [3.8, 4) is 22.4 Å². The summed E-state index contributed by atoms with van der Waals surface area (Å²) < 4.78 is 17.8. The van der Waals surface area contributed by atoms with Gasteiger partial charge in [0.1, 0.15) is 16.9 Å². The molecule has 3 amide bonds. The lowest BCUT2D eigenvalue weighted by molar-refractivity contribution is 0.0363. The van der Waals surface area contributed by atoms with E-state index in [9.17, 15) is 19.2 Å². The van der Waals surface area contributed by atoms with Crippen molar-refractivity contribution in [2.24, 2.45) is 10.7 Å². The molecule has 3 N–H and O–H groups in total. The minimum absolute atomic E-state index is 0.0506. The van der Waals surface area contributed by atoms with Crippen molar-refractivity contribution in [3.63, 3.8) is 0 Å². The first-order valence-electron chi connectivity index (χ1n) is 16.3. The minimum atomic E-state index is -0.940. The summed E-state index contributed by atoms with van der Waals surface area (Å²) in [6.45, 7) is 14.4. The normalized spacial score (nSPS) is 12.0. The smallest absolute Gasteiger partial charge is 0.437 e. The van der Waals surface area contributed by atoms with Gasteiger partial charge in [-0.25, -0.2) is 19.3 Å². The number of hydrogen-bond acceptors (Lipinski definition) is 7. The predicted octanol–water partition coefficient (Wildman–Crippen LogP) is 7.19. The molecular weight excluding hydrogens is 626 g/mol. The van der Waals surface area contributed by atoms with Gasteiger partial charge in [0.15, 0.2) is 0 Å². The number of nitrogens with two attached hydrogens (primary N) is 1. The number of unbranched alkanes of at least 4 members (excludes halogenated alkanes) is 1. The van der Waals surface area contributed by atoms with E-state index in [1.807, 2.05) is 79.1 Å². The highest BCUT2D eigenvalue weighted by Crippen LogP contribution is 2.41. The Morgan fingerprint density at radius 1 is 0.857 bits per heavy atom. The molecule has 264 valence electrons. The monoisotopic (exact) mass is 675 g/mol. The summed E-state index contributed by atoms with van der Waals surface area (Å²) >= 11 is 0. The number of ether oxygens (including phenoxy) is 3. The molecule has 0 spiro atoms. The number of benzene rings is 2. The van der Waals surface area contributed by atoms with Crippen LogP contribution >= 0.6 is 0 Å². The Hall–Kier alpha value is -5.13. The molecule has 1 aromatic heterocycles. The highest BCUT2D eigenvalue weighted by atomic mass is 16.6. The SMILES string of the molecule is COC(=O)c1c(-c2ccccc2)c(-c2ccccc2)n(C(C)C)c1C(=O)NCCCCN(C(=O)OC(C)(C)C)C(N)=NC(=O)OC(C)(C)C. The van der Waals surface area contributed by atoms with Crippen molar-refractivity contribution in [3.05, 3.63) is 71.9 Å². The van der Waals surface area contributed by atoms with Crippen LogP contribution in [0.1, 0.15) is 95.1 Å². The third-order valence-corrected chi connectivity index (χ3v) is 7.02. The van der Waals surface area contributed by atoms with Crippen LogP contribution in [0.3, 0.4) is 0 Å². The van der Waals surface area contributed by atoms with Gasteiger partial charge in [0.2, 0.25) is 5.96 Å². The maximum atomic E-state index is 14.0. The minimum Gasteiger partial charge on any atom is -0.465 e. The molecule has 12 nitrogen and oxygen atoms in total. The van der Waals surface area contributed by atoms with Gasteiger partial charge in [-0.05, 0) is 79.4 Å². The van der Waals surface area contributed by atoms with Crippen LogP contribution in [0.15, 0.2) is 65.7 Å². The molecule has 0 radical (unpaired) electrons. The number of rotatable bonds is 10. The Labute approximate surface area is 288 Å². The molecule has 0 aliphatic carbocycles. The lowest BCUT2D eigenvalue weighted by Crippen LogP contribution is -2.46. The molecule has 49 heavy (non-hydrogen) atoms. The van der Waals surface area contributed by atoms with Crippen molar-refractivity contribution in [1.29, 1.82) is 0 Å². The predicted molar refractivity (Wildman–Crippen MR) is 189 cm³/mol. The van der Waals surface area contributed by atoms with Crippen LogP contribution < -0.4 is 11.1 Å². The van der Waals surface area contributed by atoms with Crippen LogP contribution in [0.5, 0.6) is 0 Å². The van der Waals surface area contributed by atoms with Crippen LogP contribution in [0.4, 0.5) is 9.59 Å². The molecule has 12 heteroatoms. The summed E-state index contributed by atoms with van der Waals surface area (Å²) in [7, 11) is 1.29. The van der Waals surface area contributed by atoms with E-state index in [2.05, 4.69) is 10.3 Å². The van der Waals surface area contributed by atoms with E-state index in [0.717, 1.165) is 21.7 Å². The van der Waals surface area contributed by atoms with Gasteiger partial charge in [0, 0.05) is 24.7 Å². The number of nitrogens with zero attached hydrogens (tertiary/aromatic N) is 3. The second kappa shape index (κ2) is 16.3. The number of aromatic nitrogens is 1. The van der Waals surface area contributed by atoms with Crippen LogP contribution in [0, 0.1) is 0 Å². The van der Waals surface area contributed by atoms with E-state index in [-0.39, 0.29) is 36.3 Å². The first kappa shape index (κ1) is 38.3. The summed E-state index contributed by atoms with van der Waals surface area (Å²) in [4.78, 5) is 57.6. The molecule has 1 heterocycles. The highest BCUT2D eigenvalue weighted by molar-refractivity contribution is 6.12. The number of aliphatic imine (C=N–C) groups is 1. The van der Waals surface area contributed by atoms with Crippen molar-refractivity contribution in [2.75, 3.05) is 20.2 Å². The van der Waals surface area contributed by atoms with Crippen LogP contribution in [-0.2, 0) is 14.2 Å². The number of nitrogens with one attached hydrogen (secondary N) is 1. The van der Waals surface area contributed by atoms with Crippen LogP contribution in [0.2, 0.25) is 0 Å². The van der Waals surface area contributed by atoms with Crippen molar-refractivity contribution in [2.45, 2.75) is 85.5 Å². The highest BCUT2D eigenvalue weighted by Gasteiger charge is 2.34. The maximum absolute atomic E-state index is 14.0. The van der Waals surface area contributed by atoms with E-state index in [0.29, 0.717) is 18.4 Å². The van der Waals surface area contributed by atoms with E-state index in [4.69, 9.17) is 19.9 Å². The van der Waals surface area contributed by atoms with Crippen molar-refractivity contribution in [1.82, 2.24) is 14.8 Å². The molecule has 0 fully saturated rings. The fourth-order valence-electron chi connectivity index (χ4n) is 5.13. The summed E-state index contributed by atoms with van der Waals surface area (Å²) in [5, 5.41) is 2.95. The summed E-state index contributed by atoms with van der Waals surface area (Å²) in [6, 6.07) is 18.8. The lowest BCUT2D eigenvalue weighted by atomic mass is 9.96. The number of methoxy groups -OCH3 is 1. The molecule has 0 saturated heterocycles. The van der Waals surface area contributed by atoms with Gasteiger partial charge in [-0.3, -0.25) is 4.79 Å². The number of guanidine groups is 1. The number of amides is 3. The van der Waals surface area contributed by atoms with Gasteiger partial charge in [-0.2, -0.15) is 0 Å². The Morgan fingerprint density at radius 3 is 1.92 bits per heavy atom. The Balaban J connectivity index is 1.91. The largest absolute Gasteiger partial charge is 0.465 e. The topological polar surface area (TPSA) is 155 Å². The average molecular weight is 676 g/mol. The van der Waals surface area contributed by atoms with Gasteiger partial charge in [0.25, 0.3) is 5.91 Å². The quantitative estimate of drug-likeness (QED) is 0.0753. The number of carbonyl (C=O) groups excluding carboxylic acids is 4. The van der Waals surface area contributed by atoms with Gasteiger partial charge >= 0.3 is 18.2 Å². The van der Waals surface area contributed by atoms with Crippen molar-refractivity contribution >= 4 is 30.0 Å². The third-order valence-electron chi connectivity index (χ3n) is 7.02. The fraction of sp³-hybridized carbons (Fsp3) is 0.432. The van der Waals surface area contributed by atoms with Gasteiger partial charge < -0.3 is 29.8 Å². The zero-order valence-corrected chi connectivity index (χ0v) is 30.0. The summed E-state index contributed by atoms with van der Waals surface area (Å²) in [5.74, 6) is -1.45. The molecule has 3 rings (SSSR count). The van der Waals surface area contributed by atoms with Crippen LogP contribution in [-0.4, -0.2) is 70.9 Å². The standard InChI is InChI=1S/C37H49N5O7/c1-24(2)42-29(26-20-14-11-15-21-26)27(25-18-12-10-13-19-25)28(32(44)47-9)30(42)31(43)39-22-16-17-23-41(35(46)49-37(6,7)8)33(38)40-34(45)48-36(3,4)5/h10-15,18-21,24H,16-17,22-23H2,1-9H3,(H,39,43)(H2,38,40,45). The van der Waals surface area contributed by atoms with E-state index in [1.54, 1.807) is 41.5 Å². The average Bonchev–Trinajstić information content (AvgIpc) is 3.38. The molecule has 0 saturated carbocycles. The number of carbonyl (C=O) groups is 4. The van der Waals surface area contributed by atoms with Crippen molar-refractivity contribution < 1.29 is 33.4 Å². The van der Waals surface area contributed by atoms with E-state index >= 15 is 0 Å². The van der Waals surface area contributed by atoms with E-state index in [1.165, 1.54) is 7.11 Å². The summed E-state index contributed by atoms with van der Waals surface area (Å²) in [5.41, 5.74) is 7.73. The maximum Gasteiger partial charge on any atom is 0.437 e. The number of hydrogen-bond donors (Lipinski definition) is 2. The van der Waals surface area contributed by atoms with Gasteiger partial charge in [-0.15, -0.1) is 4.99 Å². The second-order valence-electron chi connectivity index (χ2n) is 13.7. The lowest BCUT2D eigenvalue weighted by Gasteiger charge is -2.26. The molecule has 0 unspecified atom stereocenters.